The molecule has 13 nitrogen and oxygen atoms in total. The molecule has 0 saturated carbocycles. The van der Waals surface area contributed by atoms with Gasteiger partial charge in [-0.3, -0.25) is 10.1 Å². The second-order valence-corrected chi connectivity index (χ2v) is 5.22. The lowest BCUT2D eigenvalue weighted by Gasteiger charge is -2.02. The van der Waals surface area contributed by atoms with E-state index >= 15 is 0 Å². The number of nitrogens with one attached hydrogen (secondary N) is 1. The first-order valence-electron chi connectivity index (χ1n) is 7.60. The fourth-order valence-corrected chi connectivity index (χ4v) is 2.02. The number of nitro groups is 2. The summed E-state index contributed by atoms with van der Waals surface area (Å²) < 4.78 is 0. The molecule has 0 saturated heterocycles. The van der Waals surface area contributed by atoms with Crippen molar-refractivity contribution >= 4 is 40.6 Å². The van der Waals surface area contributed by atoms with E-state index < -0.39 is 15.8 Å². The van der Waals surface area contributed by atoms with Gasteiger partial charge in [-0.25, -0.2) is 0 Å². The summed E-state index contributed by atoms with van der Waals surface area (Å²) in [6, 6.07) is 12.2. The number of rotatable bonds is 6. The topological polar surface area (TPSA) is 188 Å². The Morgan fingerprint density at radius 3 is 1.93 bits per heavy atom. The van der Waals surface area contributed by atoms with Gasteiger partial charge in [0.1, 0.15) is 0 Å². The zero-order valence-electron chi connectivity index (χ0n) is 14.0. The maximum absolute atomic E-state index is 10.8. The van der Waals surface area contributed by atoms with Crippen LogP contribution >= 0.6 is 0 Å². The Labute approximate surface area is 156 Å². The van der Waals surface area contributed by atoms with Crippen LogP contribution in [-0.4, -0.2) is 24.8 Å². The minimum atomic E-state index is -0.773. The molecule has 0 unspecified atom stereocenters. The smallest absolute Gasteiger partial charge is 0.390 e. The molecule has 0 radical (unpaired) electrons. The summed E-state index contributed by atoms with van der Waals surface area (Å²) in [6.07, 6.45) is 0. The molecular formula is C15H11N9O4. The number of azo groups is 1. The highest BCUT2D eigenvalue weighted by molar-refractivity contribution is 5.57. The summed E-state index contributed by atoms with van der Waals surface area (Å²) in [6.45, 7) is 0. The van der Waals surface area contributed by atoms with E-state index in [1.807, 2.05) is 0 Å². The Morgan fingerprint density at radius 1 is 0.821 bits per heavy atom. The molecule has 0 atom stereocenters. The number of nitrogen functional groups attached to an aromatic ring is 1. The summed E-state index contributed by atoms with van der Waals surface area (Å²) >= 11 is 0. The van der Waals surface area contributed by atoms with E-state index in [4.69, 9.17) is 5.73 Å². The molecule has 0 bridgehead atoms. The lowest BCUT2D eigenvalue weighted by molar-refractivity contribution is -0.394. The van der Waals surface area contributed by atoms with Gasteiger partial charge in [0.25, 0.3) is 5.69 Å². The number of non-ortho nitro benzene ring substituents is 1. The molecule has 0 amide bonds. The predicted octanol–water partition coefficient (Wildman–Crippen LogP) is 3.43. The fraction of sp³-hybridized carbons (Fsp3) is 0. The number of benzene rings is 2. The standard InChI is InChI=1S/C15H11N9O4/c16-13-18-14(20-15(19-13)24(27)28)17-9-1-3-10(4-2-9)21-22-11-5-7-12(8-6-11)23(25)26/h1-8H,(H3,16,17,18,19,20). The average Bonchev–Trinajstić information content (AvgIpc) is 2.67. The minimum absolute atomic E-state index is 0.0337. The number of nitrogens with zero attached hydrogens (tertiary/aromatic N) is 7. The Hall–Kier alpha value is -4.55. The Bertz CT molecular complexity index is 1050. The van der Waals surface area contributed by atoms with Gasteiger partial charge in [-0.15, -0.1) is 4.98 Å². The van der Waals surface area contributed by atoms with Crippen molar-refractivity contribution in [3.63, 3.8) is 0 Å². The van der Waals surface area contributed by atoms with Crippen molar-refractivity contribution in [2.24, 2.45) is 10.2 Å². The molecule has 3 rings (SSSR count). The second kappa shape index (κ2) is 7.77. The van der Waals surface area contributed by atoms with Crippen LogP contribution in [0.2, 0.25) is 0 Å². The predicted molar refractivity (Wildman–Crippen MR) is 97.9 cm³/mol. The van der Waals surface area contributed by atoms with Gasteiger partial charge in [0.05, 0.1) is 16.3 Å². The van der Waals surface area contributed by atoms with Crippen molar-refractivity contribution in [3.8, 4) is 0 Å². The zero-order chi connectivity index (χ0) is 20.1. The molecule has 13 heteroatoms. The molecule has 0 fully saturated rings. The normalized spacial score (nSPS) is 10.7. The van der Waals surface area contributed by atoms with E-state index in [0.29, 0.717) is 17.1 Å². The van der Waals surface area contributed by atoms with Crippen LogP contribution in [0.15, 0.2) is 58.8 Å². The van der Waals surface area contributed by atoms with E-state index in [0.717, 1.165) is 0 Å². The van der Waals surface area contributed by atoms with Crippen LogP contribution in [0.5, 0.6) is 0 Å². The molecule has 0 aliphatic rings. The summed E-state index contributed by atoms with van der Waals surface area (Å²) in [5.74, 6) is -1.01. The molecule has 1 heterocycles. The molecule has 140 valence electrons. The largest absolute Gasteiger partial charge is 0.475 e. The molecule has 2 aromatic carbocycles. The van der Waals surface area contributed by atoms with E-state index in [1.54, 1.807) is 24.3 Å². The van der Waals surface area contributed by atoms with E-state index in [-0.39, 0.29) is 17.6 Å². The highest BCUT2D eigenvalue weighted by Gasteiger charge is 2.15. The van der Waals surface area contributed by atoms with Gasteiger partial charge in [-0.1, -0.05) is 0 Å². The van der Waals surface area contributed by atoms with Crippen LogP contribution in [0.3, 0.4) is 0 Å². The van der Waals surface area contributed by atoms with Gasteiger partial charge >= 0.3 is 17.8 Å². The van der Waals surface area contributed by atoms with Crippen molar-refractivity contribution in [1.29, 1.82) is 0 Å². The van der Waals surface area contributed by atoms with Crippen molar-refractivity contribution in [2.75, 3.05) is 11.1 Å². The summed E-state index contributed by atoms with van der Waals surface area (Å²) in [5.41, 5.74) is 6.90. The number of hydrogen-bond acceptors (Lipinski definition) is 11. The van der Waals surface area contributed by atoms with Crippen LogP contribution in [0.1, 0.15) is 0 Å². The summed E-state index contributed by atoms with van der Waals surface area (Å²) in [5, 5.41) is 32.2. The number of aromatic nitrogens is 3. The maximum Gasteiger partial charge on any atom is 0.475 e. The molecular weight excluding hydrogens is 370 g/mol. The number of nitrogens with two attached hydrogens (primary N) is 1. The first kappa shape index (κ1) is 18.2. The van der Waals surface area contributed by atoms with Crippen LogP contribution in [0.4, 0.5) is 40.6 Å². The second-order valence-electron chi connectivity index (χ2n) is 5.22. The third kappa shape index (κ3) is 4.54. The molecule has 0 aliphatic heterocycles. The fourth-order valence-electron chi connectivity index (χ4n) is 2.02. The molecule has 0 spiro atoms. The third-order valence-corrected chi connectivity index (χ3v) is 3.27. The Balaban J connectivity index is 1.70. The van der Waals surface area contributed by atoms with Gasteiger partial charge in [0, 0.05) is 17.8 Å². The first-order chi connectivity index (χ1) is 13.4. The highest BCUT2D eigenvalue weighted by Crippen LogP contribution is 2.23. The molecule has 1 aromatic heterocycles. The van der Waals surface area contributed by atoms with Gasteiger partial charge in [-0.05, 0) is 51.3 Å². The number of anilines is 3. The average molecular weight is 381 g/mol. The quantitative estimate of drug-likeness (QED) is 0.366. The van der Waals surface area contributed by atoms with Gasteiger partial charge in [0.2, 0.25) is 0 Å². The number of nitro benzene ring substituents is 1. The van der Waals surface area contributed by atoms with Crippen LogP contribution < -0.4 is 11.1 Å². The minimum Gasteiger partial charge on any atom is -0.390 e. The van der Waals surface area contributed by atoms with Gasteiger partial charge < -0.3 is 21.2 Å². The van der Waals surface area contributed by atoms with E-state index in [2.05, 4.69) is 30.5 Å². The summed E-state index contributed by atoms with van der Waals surface area (Å²) in [4.78, 5) is 30.9. The Morgan fingerprint density at radius 2 is 1.39 bits per heavy atom. The molecule has 3 N–H and O–H groups in total. The third-order valence-electron chi connectivity index (χ3n) is 3.27. The lowest BCUT2D eigenvalue weighted by atomic mass is 10.3. The lowest BCUT2D eigenvalue weighted by Crippen LogP contribution is -2.06. The maximum atomic E-state index is 10.8. The molecule has 0 aliphatic carbocycles. The van der Waals surface area contributed by atoms with E-state index in [1.165, 1.54) is 24.3 Å². The summed E-state index contributed by atoms with van der Waals surface area (Å²) in [7, 11) is 0. The number of hydrogen-bond donors (Lipinski definition) is 2. The van der Waals surface area contributed by atoms with Crippen molar-refractivity contribution in [1.82, 2.24) is 15.0 Å². The molecule has 3 aromatic rings. The van der Waals surface area contributed by atoms with Crippen molar-refractivity contribution in [2.45, 2.75) is 0 Å². The van der Waals surface area contributed by atoms with Crippen LogP contribution in [0, 0.1) is 20.2 Å². The highest BCUT2D eigenvalue weighted by atomic mass is 16.6. The van der Waals surface area contributed by atoms with Crippen molar-refractivity contribution in [3.05, 3.63) is 68.8 Å². The SMILES string of the molecule is Nc1nc(Nc2ccc(N=Nc3ccc([N+](=O)[O-])cc3)cc2)nc([N+](=O)[O-])n1. The van der Waals surface area contributed by atoms with Gasteiger partial charge in [-0.2, -0.15) is 10.2 Å². The van der Waals surface area contributed by atoms with Crippen LogP contribution in [0.25, 0.3) is 0 Å². The van der Waals surface area contributed by atoms with Crippen molar-refractivity contribution < 1.29 is 9.85 Å². The monoisotopic (exact) mass is 381 g/mol. The Kier molecular flexibility index (Phi) is 5.07. The molecule has 28 heavy (non-hydrogen) atoms. The van der Waals surface area contributed by atoms with E-state index in [9.17, 15) is 20.2 Å². The first-order valence-corrected chi connectivity index (χ1v) is 7.60. The zero-order valence-corrected chi connectivity index (χ0v) is 14.0. The van der Waals surface area contributed by atoms with Gasteiger partial charge in [0.15, 0.2) is 0 Å². The van der Waals surface area contributed by atoms with Crippen LogP contribution in [-0.2, 0) is 0 Å².